The van der Waals surface area contributed by atoms with Gasteiger partial charge in [0.2, 0.25) is 0 Å². The van der Waals surface area contributed by atoms with E-state index in [0.717, 1.165) is 0 Å². The summed E-state index contributed by atoms with van der Waals surface area (Å²) in [5.74, 6) is 0. The van der Waals surface area contributed by atoms with Crippen LogP contribution in [0.15, 0.2) is 0 Å². The van der Waals surface area contributed by atoms with Crippen LogP contribution in [0.3, 0.4) is 0 Å². The maximum absolute atomic E-state index is 9.16. The molecular weight excluding hydrogens is 252 g/mol. The Balaban J connectivity index is 0. The molecule has 1 unspecified atom stereocenters. The van der Waals surface area contributed by atoms with Crippen LogP contribution in [0.2, 0.25) is 0 Å². The van der Waals surface area contributed by atoms with Crippen LogP contribution in [0.5, 0.6) is 0 Å². The minimum atomic E-state index is -5.07. The first-order valence-corrected chi connectivity index (χ1v) is 4.00. The van der Waals surface area contributed by atoms with Gasteiger partial charge in [0.25, 0.3) is 0 Å². The molecule has 8 heavy (non-hydrogen) atoms. The van der Waals surface area contributed by atoms with Gasteiger partial charge in [-0.3, -0.25) is 4.21 Å². The summed E-state index contributed by atoms with van der Waals surface area (Å²) in [7, 11) is -8.59. The first-order valence-electron chi connectivity index (χ1n) is 1.00. The molecule has 8 heteroatoms. The van der Waals surface area contributed by atoms with Crippen LogP contribution < -0.4 is 0 Å². The normalized spacial score (nSPS) is 14.2. The molecule has 0 fully saturated rings. The zero-order valence-electron chi connectivity index (χ0n) is 3.16. The Morgan fingerprint density at radius 1 is 1.38 bits per heavy atom. The largest absolute Gasteiger partial charge is 0.761 e. The van der Waals surface area contributed by atoms with Crippen LogP contribution >= 0.6 is 0 Å². The molecule has 0 bridgehead atoms. The van der Waals surface area contributed by atoms with Gasteiger partial charge in [-0.15, -0.1) is 0 Å². The van der Waals surface area contributed by atoms with E-state index in [4.69, 9.17) is 21.7 Å². The van der Waals surface area contributed by atoms with Crippen molar-refractivity contribution in [3.63, 3.8) is 0 Å². The zero-order valence-corrected chi connectivity index (χ0v) is 6.27. The third-order valence-corrected chi connectivity index (χ3v) is 1.50. The molecule has 0 aromatic rings. The Bertz CT molecular complexity index is 165. The molecule has 55 valence electrons. The second kappa shape index (κ2) is 3.72. The van der Waals surface area contributed by atoms with Crippen LogP contribution in [0.25, 0.3) is 0 Å². The fraction of sp³-hybridized carbons (Fsp3) is 0. The molecule has 1 atom stereocenters. The first kappa shape index (κ1) is 11.5. The van der Waals surface area contributed by atoms with Gasteiger partial charge in [0.15, 0.2) is 9.15 Å². The van der Waals surface area contributed by atoms with Gasteiger partial charge in [0.1, 0.15) is 0 Å². The molecule has 0 aliphatic heterocycles. The summed E-state index contributed by atoms with van der Waals surface area (Å²) in [6, 6.07) is 0. The van der Waals surface area contributed by atoms with Gasteiger partial charge in [-0.05, 0) is 0 Å². The Labute approximate surface area is 63.4 Å². The van der Waals surface area contributed by atoms with Gasteiger partial charge in [-0.1, -0.05) is 0 Å². The van der Waals surface area contributed by atoms with Crippen LogP contribution in [0.1, 0.15) is 0 Å². The minimum Gasteiger partial charge on any atom is -0.761 e. The average molecular weight is 252 g/mol. The quantitative estimate of drug-likeness (QED) is 0.240. The van der Waals surface area contributed by atoms with E-state index in [-0.39, 0.29) is 22.4 Å². The van der Waals surface area contributed by atoms with Crippen molar-refractivity contribution in [2.24, 2.45) is 0 Å². The molecule has 5 nitrogen and oxygen atoms in total. The standard InChI is InChI=1S/Ag.H2O5S2/c;1-6(2)7(3,4)5/h;(H,1,2)(H,3,4,5)/p-2. The SMILES string of the molecule is O=S([O-])S(=O)(=O)[O-].[Ag]. The molecule has 0 rings (SSSR count). The maximum atomic E-state index is 9.16. The summed E-state index contributed by atoms with van der Waals surface area (Å²) in [6.07, 6.45) is 0. The molecular formula is AgO5S2-2. The van der Waals surface area contributed by atoms with Crippen molar-refractivity contribution in [3.8, 4) is 0 Å². The third kappa shape index (κ3) is 4.91. The molecule has 0 amide bonds. The number of hydrogen-bond donors (Lipinski definition) is 0. The van der Waals surface area contributed by atoms with Gasteiger partial charge in [0, 0.05) is 22.4 Å². The van der Waals surface area contributed by atoms with Gasteiger partial charge in [0.05, 0.1) is 10.1 Å². The van der Waals surface area contributed by atoms with E-state index in [2.05, 4.69) is 0 Å². The average Bonchev–Trinajstić information content (AvgIpc) is 1.31. The van der Waals surface area contributed by atoms with E-state index >= 15 is 0 Å². The van der Waals surface area contributed by atoms with Crippen LogP contribution in [-0.2, 0) is 41.6 Å². The van der Waals surface area contributed by atoms with Crippen molar-refractivity contribution >= 4 is 19.3 Å². The monoisotopic (exact) mass is 251 g/mol. The molecule has 0 aromatic heterocycles. The van der Waals surface area contributed by atoms with Crippen molar-refractivity contribution in [1.82, 2.24) is 0 Å². The van der Waals surface area contributed by atoms with E-state index in [1.165, 1.54) is 0 Å². The third-order valence-electron chi connectivity index (χ3n) is 0.167. The van der Waals surface area contributed by atoms with Crippen LogP contribution in [-0.4, -0.2) is 21.7 Å². The van der Waals surface area contributed by atoms with Crippen molar-refractivity contribution in [3.05, 3.63) is 0 Å². The summed E-state index contributed by atoms with van der Waals surface area (Å²) >= 11 is 0. The maximum Gasteiger partial charge on any atom is 0.165 e. The summed E-state index contributed by atoms with van der Waals surface area (Å²) in [5.41, 5.74) is 0. The van der Waals surface area contributed by atoms with Crippen LogP contribution in [0, 0.1) is 0 Å². The summed E-state index contributed by atoms with van der Waals surface area (Å²) in [5, 5.41) is 0. The van der Waals surface area contributed by atoms with E-state index in [0.29, 0.717) is 0 Å². The van der Waals surface area contributed by atoms with Gasteiger partial charge < -0.3 is 9.11 Å². The molecule has 0 N–H and O–H groups in total. The molecule has 0 aliphatic carbocycles. The van der Waals surface area contributed by atoms with E-state index in [9.17, 15) is 0 Å². The Kier molecular flexibility index (Phi) is 5.37. The topological polar surface area (TPSA) is 97.3 Å². The fourth-order valence-electron chi connectivity index (χ4n) is 0. The van der Waals surface area contributed by atoms with Gasteiger partial charge in [-0.25, -0.2) is 8.42 Å². The van der Waals surface area contributed by atoms with Crippen LogP contribution in [0.4, 0.5) is 0 Å². The Morgan fingerprint density at radius 2 is 1.50 bits per heavy atom. The second-order valence-corrected chi connectivity index (χ2v) is 3.88. The molecule has 0 saturated heterocycles. The summed E-state index contributed by atoms with van der Waals surface area (Å²) < 4.78 is 45.7. The van der Waals surface area contributed by atoms with Crippen molar-refractivity contribution in [1.29, 1.82) is 0 Å². The minimum absolute atomic E-state index is 0. The predicted molar refractivity (Wildman–Crippen MR) is 18.6 cm³/mol. The van der Waals surface area contributed by atoms with E-state index in [1.807, 2.05) is 0 Å². The van der Waals surface area contributed by atoms with E-state index < -0.39 is 19.3 Å². The first-order chi connectivity index (χ1) is 2.94. The molecule has 1 radical (unpaired) electrons. The second-order valence-electron chi connectivity index (χ2n) is 0.612. The molecule has 0 heterocycles. The number of hydrogen-bond acceptors (Lipinski definition) is 5. The summed E-state index contributed by atoms with van der Waals surface area (Å²) in [6.45, 7) is 0. The zero-order chi connectivity index (χ0) is 6.08. The molecule has 0 aromatic carbocycles. The Morgan fingerprint density at radius 3 is 1.50 bits per heavy atom. The van der Waals surface area contributed by atoms with E-state index in [1.54, 1.807) is 0 Å². The predicted octanol–water partition coefficient (Wildman–Crippen LogP) is -1.68. The molecule has 0 spiro atoms. The fourth-order valence-corrected chi connectivity index (χ4v) is 0. The molecule has 0 aliphatic rings. The Hall–Kier alpha value is 0.760. The van der Waals surface area contributed by atoms with Crippen molar-refractivity contribution in [2.75, 3.05) is 0 Å². The summed E-state index contributed by atoms with van der Waals surface area (Å²) in [4.78, 5) is 0. The molecule has 0 saturated carbocycles. The smallest absolute Gasteiger partial charge is 0.165 e. The number of rotatable bonds is 1. The van der Waals surface area contributed by atoms with Crippen molar-refractivity contribution in [2.45, 2.75) is 0 Å². The van der Waals surface area contributed by atoms with Gasteiger partial charge in [-0.2, -0.15) is 0 Å². The van der Waals surface area contributed by atoms with Gasteiger partial charge >= 0.3 is 0 Å². The van der Waals surface area contributed by atoms with Crippen molar-refractivity contribution < 1.29 is 44.1 Å².